The molecule has 5 nitrogen and oxygen atoms in total. The number of hydrogen-bond acceptors (Lipinski definition) is 5. The molecule has 1 heterocycles. The predicted molar refractivity (Wildman–Crippen MR) is 77.5 cm³/mol. The van der Waals surface area contributed by atoms with Gasteiger partial charge in [-0.2, -0.15) is 4.98 Å². The maximum atomic E-state index is 6.04. The van der Waals surface area contributed by atoms with E-state index in [1.165, 1.54) is 0 Å². The summed E-state index contributed by atoms with van der Waals surface area (Å²) in [6.07, 6.45) is 3.87. The van der Waals surface area contributed by atoms with Crippen LogP contribution >= 0.6 is 11.6 Å². The van der Waals surface area contributed by atoms with Crippen molar-refractivity contribution in [2.24, 2.45) is 0 Å². The highest BCUT2D eigenvalue weighted by Gasteiger charge is 2.04. The van der Waals surface area contributed by atoms with Crippen molar-refractivity contribution in [2.75, 3.05) is 44.4 Å². The summed E-state index contributed by atoms with van der Waals surface area (Å²) >= 11 is 6.04. The van der Waals surface area contributed by atoms with Gasteiger partial charge in [-0.1, -0.05) is 11.6 Å². The summed E-state index contributed by atoms with van der Waals surface area (Å²) in [6.45, 7) is 4.77. The Bertz CT molecular complexity index is 356. The second-order valence-electron chi connectivity index (χ2n) is 4.36. The first-order chi connectivity index (χ1) is 8.63. The minimum Gasteiger partial charge on any atom is -0.369 e. The molecule has 0 aliphatic rings. The van der Waals surface area contributed by atoms with Crippen molar-refractivity contribution >= 4 is 23.4 Å². The van der Waals surface area contributed by atoms with Gasteiger partial charge in [0.1, 0.15) is 10.8 Å². The summed E-state index contributed by atoms with van der Waals surface area (Å²) in [5.74, 6) is 1.31. The molecule has 0 aliphatic carbocycles. The number of halogens is 1. The SMILES string of the molecule is CCNc1ncc(Cl)c(NCCCCN(C)C)n1. The van der Waals surface area contributed by atoms with Gasteiger partial charge in [0.15, 0.2) is 0 Å². The highest BCUT2D eigenvalue weighted by molar-refractivity contribution is 6.32. The highest BCUT2D eigenvalue weighted by atomic mass is 35.5. The Morgan fingerprint density at radius 3 is 2.72 bits per heavy atom. The third-order valence-corrected chi connectivity index (χ3v) is 2.68. The number of hydrogen-bond donors (Lipinski definition) is 2. The zero-order valence-corrected chi connectivity index (χ0v) is 12.1. The van der Waals surface area contributed by atoms with Crippen LogP contribution in [0.25, 0.3) is 0 Å². The Balaban J connectivity index is 2.38. The number of nitrogens with zero attached hydrogens (tertiary/aromatic N) is 3. The van der Waals surface area contributed by atoms with Crippen LogP contribution in [0.5, 0.6) is 0 Å². The van der Waals surface area contributed by atoms with Crippen LogP contribution in [0.15, 0.2) is 6.20 Å². The lowest BCUT2D eigenvalue weighted by Gasteiger charge is -2.11. The van der Waals surface area contributed by atoms with Crippen molar-refractivity contribution in [2.45, 2.75) is 19.8 Å². The molecule has 0 unspecified atom stereocenters. The zero-order chi connectivity index (χ0) is 13.4. The normalized spacial score (nSPS) is 10.7. The van der Waals surface area contributed by atoms with Crippen molar-refractivity contribution < 1.29 is 0 Å². The first kappa shape index (κ1) is 15.0. The van der Waals surface area contributed by atoms with Crippen molar-refractivity contribution in [3.05, 3.63) is 11.2 Å². The Hall–Kier alpha value is -1.07. The average Bonchev–Trinajstić information content (AvgIpc) is 2.32. The highest BCUT2D eigenvalue weighted by Crippen LogP contribution is 2.19. The fraction of sp³-hybridized carbons (Fsp3) is 0.667. The maximum Gasteiger partial charge on any atom is 0.224 e. The van der Waals surface area contributed by atoms with Crippen molar-refractivity contribution in [3.8, 4) is 0 Å². The molecule has 102 valence electrons. The Morgan fingerprint density at radius 1 is 1.28 bits per heavy atom. The largest absolute Gasteiger partial charge is 0.369 e. The zero-order valence-electron chi connectivity index (χ0n) is 11.3. The molecular weight excluding hydrogens is 250 g/mol. The molecule has 6 heteroatoms. The first-order valence-corrected chi connectivity index (χ1v) is 6.66. The summed E-state index contributed by atoms with van der Waals surface area (Å²) in [4.78, 5) is 10.6. The van der Waals surface area contributed by atoms with Gasteiger partial charge in [0.25, 0.3) is 0 Å². The van der Waals surface area contributed by atoms with Gasteiger partial charge < -0.3 is 15.5 Å². The summed E-state index contributed by atoms with van der Waals surface area (Å²) in [5.41, 5.74) is 0. The van der Waals surface area contributed by atoms with Crippen LogP contribution in [0.4, 0.5) is 11.8 Å². The van der Waals surface area contributed by atoms with E-state index in [2.05, 4.69) is 39.6 Å². The van der Waals surface area contributed by atoms with Gasteiger partial charge in [-0.3, -0.25) is 0 Å². The van der Waals surface area contributed by atoms with E-state index in [4.69, 9.17) is 11.6 Å². The monoisotopic (exact) mass is 271 g/mol. The van der Waals surface area contributed by atoms with Crippen LogP contribution in [0, 0.1) is 0 Å². The van der Waals surface area contributed by atoms with E-state index >= 15 is 0 Å². The predicted octanol–water partition coefficient (Wildman–Crippen LogP) is 2.32. The fourth-order valence-corrected chi connectivity index (χ4v) is 1.65. The Labute approximate surface area is 114 Å². The van der Waals surface area contributed by atoms with E-state index in [0.717, 1.165) is 32.5 Å². The molecule has 0 aliphatic heterocycles. The molecule has 0 fully saturated rings. The molecule has 0 spiro atoms. The summed E-state index contributed by atoms with van der Waals surface area (Å²) in [6, 6.07) is 0. The molecule has 0 aromatic carbocycles. The van der Waals surface area contributed by atoms with Gasteiger partial charge in [-0.05, 0) is 40.4 Å². The molecule has 0 atom stereocenters. The molecule has 0 amide bonds. The quantitative estimate of drug-likeness (QED) is 0.711. The number of anilines is 2. The van der Waals surface area contributed by atoms with Crippen molar-refractivity contribution in [1.82, 2.24) is 14.9 Å². The fourth-order valence-electron chi connectivity index (χ4n) is 1.49. The minimum atomic E-state index is 0.560. The van der Waals surface area contributed by atoms with E-state index in [9.17, 15) is 0 Å². The summed E-state index contributed by atoms with van der Waals surface area (Å²) in [5, 5.41) is 6.87. The van der Waals surface area contributed by atoms with Crippen molar-refractivity contribution in [1.29, 1.82) is 0 Å². The van der Waals surface area contributed by atoms with Gasteiger partial charge in [0, 0.05) is 13.1 Å². The summed E-state index contributed by atoms with van der Waals surface area (Å²) in [7, 11) is 4.16. The molecule has 1 rings (SSSR count). The van der Waals surface area contributed by atoms with Crippen LogP contribution < -0.4 is 10.6 Å². The maximum absolute atomic E-state index is 6.04. The Morgan fingerprint density at radius 2 is 2.06 bits per heavy atom. The topological polar surface area (TPSA) is 53.1 Å². The van der Waals surface area contributed by atoms with Gasteiger partial charge in [-0.15, -0.1) is 0 Å². The number of nitrogens with one attached hydrogen (secondary N) is 2. The third-order valence-electron chi connectivity index (χ3n) is 2.40. The van der Waals surface area contributed by atoms with E-state index in [-0.39, 0.29) is 0 Å². The van der Waals surface area contributed by atoms with Crippen molar-refractivity contribution in [3.63, 3.8) is 0 Å². The average molecular weight is 272 g/mol. The lowest BCUT2D eigenvalue weighted by molar-refractivity contribution is 0.396. The standard InChI is InChI=1S/C12H22ClN5/c1-4-14-12-16-9-10(13)11(17-12)15-7-5-6-8-18(2)3/h9H,4-8H2,1-3H3,(H2,14,15,16,17). The number of rotatable bonds is 8. The van der Waals surface area contributed by atoms with Gasteiger partial charge in [-0.25, -0.2) is 4.98 Å². The van der Waals surface area contributed by atoms with Gasteiger partial charge in [0.2, 0.25) is 5.95 Å². The van der Waals surface area contributed by atoms with E-state index in [1.807, 2.05) is 6.92 Å². The lowest BCUT2D eigenvalue weighted by atomic mass is 10.3. The van der Waals surface area contributed by atoms with E-state index in [0.29, 0.717) is 16.8 Å². The lowest BCUT2D eigenvalue weighted by Crippen LogP contribution is -2.14. The molecule has 0 saturated heterocycles. The molecule has 1 aromatic rings. The molecule has 0 radical (unpaired) electrons. The molecular formula is C12H22ClN5. The van der Waals surface area contributed by atoms with Gasteiger partial charge in [0.05, 0.1) is 6.20 Å². The summed E-state index contributed by atoms with van der Waals surface area (Å²) < 4.78 is 0. The van der Waals surface area contributed by atoms with Crippen LogP contribution in [0.1, 0.15) is 19.8 Å². The molecule has 2 N–H and O–H groups in total. The van der Waals surface area contributed by atoms with Crippen LogP contribution in [-0.4, -0.2) is 48.6 Å². The third kappa shape index (κ3) is 5.51. The first-order valence-electron chi connectivity index (χ1n) is 6.28. The minimum absolute atomic E-state index is 0.560. The molecule has 0 bridgehead atoms. The van der Waals surface area contributed by atoms with Crippen LogP contribution in [-0.2, 0) is 0 Å². The van der Waals surface area contributed by atoms with Crippen LogP contribution in [0.2, 0.25) is 5.02 Å². The van der Waals surface area contributed by atoms with E-state index in [1.54, 1.807) is 6.20 Å². The smallest absolute Gasteiger partial charge is 0.224 e. The van der Waals surface area contributed by atoms with E-state index < -0.39 is 0 Å². The second-order valence-corrected chi connectivity index (χ2v) is 4.76. The second kappa shape index (κ2) is 8.11. The molecule has 18 heavy (non-hydrogen) atoms. The van der Waals surface area contributed by atoms with Gasteiger partial charge >= 0.3 is 0 Å². The number of aromatic nitrogens is 2. The molecule has 1 aromatic heterocycles. The molecule has 0 saturated carbocycles. The number of unbranched alkanes of at least 4 members (excludes halogenated alkanes) is 1. The van der Waals surface area contributed by atoms with Crippen LogP contribution in [0.3, 0.4) is 0 Å². The Kier molecular flexibility index (Phi) is 6.75.